The lowest BCUT2D eigenvalue weighted by Gasteiger charge is -2.12. The Hall–Kier alpha value is -1.77. The van der Waals surface area contributed by atoms with Crippen LogP contribution in [0, 0.1) is 11.5 Å². The van der Waals surface area contributed by atoms with Crippen LogP contribution < -0.4 is 5.73 Å². The second-order valence-electron chi connectivity index (χ2n) is 1.82. The van der Waals surface area contributed by atoms with E-state index in [4.69, 9.17) is 16.1 Å². The standard InChI is InChI=1S/C5H8N4O2/c1-9(2-4(10)11)5(7)8-3-6/h2H2,1H3,(H2,7,8)(H,10,11). The number of carbonyl (C=O) groups is 1. The highest BCUT2D eigenvalue weighted by molar-refractivity contribution is 5.82. The minimum absolute atomic E-state index is 0.102. The molecule has 6 nitrogen and oxygen atoms in total. The molecule has 11 heavy (non-hydrogen) atoms. The van der Waals surface area contributed by atoms with Crippen molar-refractivity contribution < 1.29 is 9.90 Å². The van der Waals surface area contributed by atoms with Gasteiger partial charge in [0.05, 0.1) is 0 Å². The molecule has 0 saturated carbocycles. The number of carboxylic acids is 1. The molecule has 3 N–H and O–H groups in total. The van der Waals surface area contributed by atoms with Crippen molar-refractivity contribution in [2.24, 2.45) is 10.7 Å². The van der Waals surface area contributed by atoms with Gasteiger partial charge in [0.2, 0.25) is 12.2 Å². The molecule has 0 fully saturated rings. The molecule has 0 bridgehead atoms. The fourth-order valence-corrected chi connectivity index (χ4v) is 0.420. The quantitative estimate of drug-likeness (QED) is 0.297. The average molecular weight is 156 g/mol. The third kappa shape index (κ3) is 3.75. The number of likely N-dealkylation sites (N-methyl/N-ethyl adjacent to an activating group) is 1. The van der Waals surface area contributed by atoms with Crippen LogP contribution in [0.25, 0.3) is 0 Å². The van der Waals surface area contributed by atoms with Gasteiger partial charge in [-0.3, -0.25) is 4.79 Å². The number of aliphatic imine (C=N–C) groups is 1. The van der Waals surface area contributed by atoms with E-state index in [1.165, 1.54) is 13.2 Å². The van der Waals surface area contributed by atoms with E-state index in [0.29, 0.717) is 0 Å². The molecule has 0 aliphatic carbocycles. The summed E-state index contributed by atoms with van der Waals surface area (Å²) >= 11 is 0. The molecule has 0 unspecified atom stereocenters. The fourth-order valence-electron chi connectivity index (χ4n) is 0.420. The van der Waals surface area contributed by atoms with Crippen molar-refractivity contribution in [1.29, 1.82) is 5.26 Å². The van der Waals surface area contributed by atoms with Crippen LogP contribution in [0.1, 0.15) is 0 Å². The summed E-state index contributed by atoms with van der Waals surface area (Å²) in [5.74, 6) is -1.13. The number of rotatable bonds is 2. The molecular formula is C5H8N4O2. The van der Waals surface area contributed by atoms with Gasteiger partial charge in [0.1, 0.15) is 6.54 Å². The Kier molecular flexibility index (Phi) is 3.45. The minimum atomic E-state index is -1.02. The lowest BCUT2D eigenvalue weighted by Crippen LogP contribution is -2.37. The maximum atomic E-state index is 10.1. The highest BCUT2D eigenvalue weighted by Crippen LogP contribution is 1.80. The first-order valence-corrected chi connectivity index (χ1v) is 2.73. The molecule has 0 saturated heterocycles. The van der Waals surface area contributed by atoms with E-state index in [1.54, 1.807) is 0 Å². The largest absolute Gasteiger partial charge is 0.480 e. The summed E-state index contributed by atoms with van der Waals surface area (Å²) in [7, 11) is 1.43. The van der Waals surface area contributed by atoms with Gasteiger partial charge in [0, 0.05) is 7.05 Å². The lowest BCUT2D eigenvalue weighted by atomic mass is 10.6. The molecule has 60 valence electrons. The number of aliphatic carboxylic acids is 1. The van der Waals surface area contributed by atoms with Gasteiger partial charge in [-0.05, 0) is 0 Å². The van der Waals surface area contributed by atoms with E-state index >= 15 is 0 Å². The first kappa shape index (κ1) is 9.23. The van der Waals surface area contributed by atoms with Crippen LogP contribution in [0.3, 0.4) is 0 Å². The Morgan fingerprint density at radius 1 is 1.91 bits per heavy atom. The number of nitriles is 1. The zero-order valence-electron chi connectivity index (χ0n) is 5.98. The molecular weight excluding hydrogens is 148 g/mol. The molecule has 0 amide bonds. The predicted octanol–water partition coefficient (Wildman–Crippen LogP) is -1.20. The summed E-state index contributed by atoms with van der Waals surface area (Å²) < 4.78 is 0. The highest BCUT2D eigenvalue weighted by Gasteiger charge is 2.05. The summed E-state index contributed by atoms with van der Waals surface area (Å²) in [5, 5.41) is 16.3. The van der Waals surface area contributed by atoms with Crippen LogP contribution in [-0.2, 0) is 4.79 Å². The monoisotopic (exact) mass is 156 g/mol. The Balaban J connectivity index is 4.05. The molecule has 6 heteroatoms. The van der Waals surface area contributed by atoms with Gasteiger partial charge in [-0.15, -0.1) is 4.99 Å². The summed E-state index contributed by atoms with van der Waals surface area (Å²) in [4.78, 5) is 14.4. The van der Waals surface area contributed by atoms with E-state index in [-0.39, 0.29) is 12.5 Å². The zero-order chi connectivity index (χ0) is 8.85. The fraction of sp³-hybridized carbons (Fsp3) is 0.400. The summed E-state index contributed by atoms with van der Waals surface area (Å²) in [5.41, 5.74) is 5.17. The normalized spacial score (nSPS) is 10.4. The molecule has 0 aliphatic rings. The first-order chi connectivity index (χ1) is 5.07. The van der Waals surface area contributed by atoms with Crippen molar-refractivity contribution >= 4 is 11.9 Å². The molecule has 0 aromatic carbocycles. The average Bonchev–Trinajstić information content (AvgIpc) is 1.86. The van der Waals surface area contributed by atoms with E-state index in [1.807, 2.05) is 0 Å². The third-order valence-electron chi connectivity index (χ3n) is 0.928. The predicted molar refractivity (Wildman–Crippen MR) is 37.5 cm³/mol. The summed E-state index contributed by atoms with van der Waals surface area (Å²) in [6, 6.07) is 0. The van der Waals surface area contributed by atoms with Crippen molar-refractivity contribution in [3.05, 3.63) is 0 Å². The van der Waals surface area contributed by atoms with E-state index in [0.717, 1.165) is 4.90 Å². The van der Waals surface area contributed by atoms with Crippen molar-refractivity contribution in [1.82, 2.24) is 4.90 Å². The van der Waals surface area contributed by atoms with Crippen LogP contribution in [0.2, 0.25) is 0 Å². The summed E-state index contributed by atoms with van der Waals surface area (Å²) in [6.45, 7) is -0.267. The van der Waals surface area contributed by atoms with Gasteiger partial charge in [0.15, 0.2) is 0 Å². The van der Waals surface area contributed by atoms with Crippen LogP contribution >= 0.6 is 0 Å². The lowest BCUT2D eigenvalue weighted by molar-refractivity contribution is -0.137. The van der Waals surface area contributed by atoms with Gasteiger partial charge in [0.25, 0.3) is 0 Å². The molecule has 0 aromatic rings. The van der Waals surface area contributed by atoms with Gasteiger partial charge in [-0.1, -0.05) is 0 Å². The maximum Gasteiger partial charge on any atom is 0.323 e. The van der Waals surface area contributed by atoms with E-state index in [9.17, 15) is 4.79 Å². The smallest absolute Gasteiger partial charge is 0.323 e. The highest BCUT2D eigenvalue weighted by atomic mass is 16.4. The number of carboxylic acid groups (broad SMARTS) is 1. The number of nitrogens with two attached hydrogens (primary N) is 1. The topological polar surface area (TPSA) is 103 Å². The van der Waals surface area contributed by atoms with Gasteiger partial charge < -0.3 is 15.7 Å². The number of nitrogens with zero attached hydrogens (tertiary/aromatic N) is 3. The molecule has 0 rings (SSSR count). The Morgan fingerprint density at radius 2 is 2.45 bits per heavy atom. The SMILES string of the molecule is CN(CC(=O)O)C(N)=NC#N. The molecule has 0 heterocycles. The summed E-state index contributed by atoms with van der Waals surface area (Å²) in [6.07, 6.45) is 1.45. The maximum absolute atomic E-state index is 10.1. The van der Waals surface area contributed by atoms with Gasteiger partial charge in [-0.25, -0.2) is 0 Å². The zero-order valence-corrected chi connectivity index (χ0v) is 5.98. The van der Waals surface area contributed by atoms with Gasteiger partial charge >= 0.3 is 5.97 Å². The van der Waals surface area contributed by atoms with Crippen LogP contribution in [0.15, 0.2) is 4.99 Å². The minimum Gasteiger partial charge on any atom is -0.480 e. The first-order valence-electron chi connectivity index (χ1n) is 2.73. The van der Waals surface area contributed by atoms with E-state index in [2.05, 4.69) is 4.99 Å². The van der Waals surface area contributed by atoms with Gasteiger partial charge in [-0.2, -0.15) is 5.26 Å². The van der Waals surface area contributed by atoms with Crippen molar-refractivity contribution in [3.63, 3.8) is 0 Å². The third-order valence-corrected chi connectivity index (χ3v) is 0.928. The van der Waals surface area contributed by atoms with Crippen LogP contribution in [0.4, 0.5) is 0 Å². The van der Waals surface area contributed by atoms with Crippen molar-refractivity contribution in [3.8, 4) is 6.19 Å². The number of hydrogen-bond acceptors (Lipinski definition) is 3. The van der Waals surface area contributed by atoms with Crippen molar-refractivity contribution in [2.45, 2.75) is 0 Å². The van der Waals surface area contributed by atoms with Crippen LogP contribution in [0.5, 0.6) is 0 Å². The second-order valence-corrected chi connectivity index (χ2v) is 1.82. The number of hydrogen-bond donors (Lipinski definition) is 2. The molecule has 0 aromatic heterocycles. The Bertz CT molecular complexity index is 217. The van der Waals surface area contributed by atoms with Crippen molar-refractivity contribution in [2.75, 3.05) is 13.6 Å². The second kappa shape index (κ2) is 4.11. The molecule has 0 spiro atoms. The molecule has 0 aliphatic heterocycles. The number of guanidine groups is 1. The Labute approximate surface area is 63.5 Å². The molecule has 0 atom stereocenters. The molecule has 0 radical (unpaired) electrons. The van der Waals surface area contributed by atoms with Crippen LogP contribution in [-0.4, -0.2) is 35.5 Å². The Morgan fingerprint density at radius 3 is 2.82 bits per heavy atom. The van der Waals surface area contributed by atoms with E-state index < -0.39 is 5.97 Å².